The zero-order valence-corrected chi connectivity index (χ0v) is 15.9. The highest BCUT2D eigenvalue weighted by Crippen LogP contribution is 2.26. The van der Waals surface area contributed by atoms with Crippen molar-refractivity contribution in [2.45, 2.75) is 19.6 Å². The van der Waals surface area contributed by atoms with E-state index >= 15 is 0 Å². The Morgan fingerprint density at radius 1 is 1.00 bits per heavy atom. The lowest BCUT2D eigenvalue weighted by Crippen LogP contribution is -2.51. The van der Waals surface area contributed by atoms with Gasteiger partial charge in [-0.3, -0.25) is 15.3 Å². The molecule has 29 heavy (non-hydrogen) atoms. The number of rotatable bonds is 5. The maximum Gasteiger partial charge on any atom is 0.221 e. The zero-order chi connectivity index (χ0) is 21.0. The standard InChI is InChI=1S/C20H21FN6O2/c1-12(28)24-15-6-3-5-14(9-15)20(22)23-11-18(21)19(27-20)26-17-8-4-7-16(10-17)25-13(2)29/h3-11,26-27H,22H2,1-2H3,(H,24,28)(H,25,29). The molecular weight excluding hydrogens is 375 g/mol. The summed E-state index contributed by atoms with van der Waals surface area (Å²) in [7, 11) is 0. The Morgan fingerprint density at radius 3 is 2.24 bits per heavy atom. The number of halogens is 1. The van der Waals surface area contributed by atoms with Crippen LogP contribution in [0.15, 0.2) is 65.2 Å². The Kier molecular flexibility index (Phi) is 5.60. The molecule has 9 heteroatoms. The Morgan fingerprint density at radius 2 is 1.59 bits per heavy atom. The summed E-state index contributed by atoms with van der Waals surface area (Å²) in [5.41, 5.74) is 8.54. The molecule has 0 aliphatic carbocycles. The van der Waals surface area contributed by atoms with Gasteiger partial charge in [0.15, 0.2) is 5.83 Å². The van der Waals surface area contributed by atoms with Gasteiger partial charge in [0.05, 0.1) is 6.21 Å². The first kappa shape index (κ1) is 20.0. The number of allylic oxidation sites excluding steroid dienone is 1. The molecule has 0 aromatic heterocycles. The number of anilines is 3. The van der Waals surface area contributed by atoms with Gasteiger partial charge in [-0.25, -0.2) is 9.38 Å². The number of carbonyl (C=O) groups is 2. The largest absolute Gasteiger partial charge is 0.339 e. The number of nitrogens with one attached hydrogen (secondary N) is 4. The van der Waals surface area contributed by atoms with E-state index in [1.165, 1.54) is 13.8 Å². The minimum atomic E-state index is -1.44. The van der Waals surface area contributed by atoms with E-state index in [2.05, 4.69) is 26.3 Å². The van der Waals surface area contributed by atoms with E-state index in [1.54, 1.807) is 48.5 Å². The molecule has 1 aliphatic rings. The Bertz CT molecular complexity index is 1020. The molecular formula is C20H21FN6O2. The Labute approximate surface area is 167 Å². The van der Waals surface area contributed by atoms with Crippen molar-refractivity contribution < 1.29 is 14.0 Å². The van der Waals surface area contributed by atoms with Gasteiger partial charge in [-0.2, -0.15) is 0 Å². The van der Waals surface area contributed by atoms with Crippen molar-refractivity contribution in [3.05, 3.63) is 65.7 Å². The smallest absolute Gasteiger partial charge is 0.221 e. The zero-order valence-electron chi connectivity index (χ0n) is 15.9. The lowest BCUT2D eigenvalue weighted by atomic mass is 10.1. The minimum absolute atomic E-state index is 0.0207. The molecule has 2 amide bonds. The summed E-state index contributed by atoms with van der Waals surface area (Å²) in [5, 5.41) is 11.1. The second kappa shape index (κ2) is 8.11. The van der Waals surface area contributed by atoms with E-state index in [1.807, 2.05) is 0 Å². The van der Waals surface area contributed by atoms with Crippen molar-refractivity contribution in [1.29, 1.82) is 0 Å². The van der Waals surface area contributed by atoms with Gasteiger partial charge in [0.25, 0.3) is 0 Å². The predicted octanol–water partition coefficient (Wildman–Crippen LogP) is 2.60. The Hall–Kier alpha value is -3.72. The fraction of sp³-hybridized carbons (Fsp3) is 0.150. The summed E-state index contributed by atoms with van der Waals surface area (Å²) in [4.78, 5) is 26.6. The summed E-state index contributed by atoms with van der Waals surface area (Å²) in [6.07, 6.45) is 1.03. The van der Waals surface area contributed by atoms with Crippen molar-refractivity contribution in [3.63, 3.8) is 0 Å². The number of nitrogens with zero attached hydrogens (tertiary/aromatic N) is 1. The van der Waals surface area contributed by atoms with Crippen LogP contribution in [-0.2, 0) is 15.4 Å². The molecule has 8 nitrogen and oxygen atoms in total. The van der Waals surface area contributed by atoms with Crippen LogP contribution in [0.5, 0.6) is 0 Å². The van der Waals surface area contributed by atoms with Crippen LogP contribution in [0.1, 0.15) is 19.4 Å². The number of hydrogen-bond acceptors (Lipinski definition) is 6. The van der Waals surface area contributed by atoms with Crippen LogP contribution in [0.2, 0.25) is 0 Å². The predicted molar refractivity (Wildman–Crippen MR) is 111 cm³/mol. The maximum absolute atomic E-state index is 14.4. The van der Waals surface area contributed by atoms with Crippen LogP contribution in [0.25, 0.3) is 0 Å². The molecule has 3 rings (SSSR count). The molecule has 0 bridgehead atoms. The van der Waals surface area contributed by atoms with Gasteiger partial charge in [0.1, 0.15) is 5.82 Å². The van der Waals surface area contributed by atoms with E-state index in [9.17, 15) is 14.0 Å². The average Bonchev–Trinajstić information content (AvgIpc) is 2.64. The highest BCUT2D eigenvalue weighted by molar-refractivity contribution is 5.89. The van der Waals surface area contributed by atoms with Gasteiger partial charge in [-0.1, -0.05) is 18.2 Å². The van der Waals surface area contributed by atoms with Crippen molar-refractivity contribution in [1.82, 2.24) is 5.32 Å². The fourth-order valence-electron chi connectivity index (χ4n) is 2.80. The summed E-state index contributed by atoms with van der Waals surface area (Å²) in [6, 6.07) is 13.6. The average molecular weight is 396 g/mol. The van der Waals surface area contributed by atoms with Gasteiger partial charge in [0.2, 0.25) is 17.6 Å². The second-order valence-corrected chi connectivity index (χ2v) is 6.52. The molecule has 2 aromatic carbocycles. The first-order valence-corrected chi connectivity index (χ1v) is 8.80. The molecule has 0 spiro atoms. The van der Waals surface area contributed by atoms with Crippen molar-refractivity contribution in [3.8, 4) is 0 Å². The van der Waals surface area contributed by atoms with Crippen LogP contribution >= 0.6 is 0 Å². The van der Waals surface area contributed by atoms with Gasteiger partial charge >= 0.3 is 0 Å². The number of aliphatic imine (C=N–C) groups is 1. The summed E-state index contributed by atoms with van der Waals surface area (Å²) >= 11 is 0. The van der Waals surface area contributed by atoms with Crippen LogP contribution in [0.3, 0.4) is 0 Å². The molecule has 2 aromatic rings. The highest BCUT2D eigenvalue weighted by atomic mass is 19.1. The van der Waals surface area contributed by atoms with Gasteiger partial charge < -0.3 is 21.3 Å². The maximum atomic E-state index is 14.4. The number of carbonyl (C=O) groups excluding carboxylic acids is 2. The van der Waals surface area contributed by atoms with Crippen molar-refractivity contribution >= 4 is 35.1 Å². The van der Waals surface area contributed by atoms with E-state index in [0.29, 0.717) is 22.6 Å². The molecule has 150 valence electrons. The van der Waals surface area contributed by atoms with Gasteiger partial charge in [-0.15, -0.1) is 0 Å². The number of hydrogen-bond donors (Lipinski definition) is 5. The first-order chi connectivity index (χ1) is 13.7. The molecule has 0 saturated heterocycles. The number of benzene rings is 2. The molecule has 6 N–H and O–H groups in total. The number of amides is 2. The van der Waals surface area contributed by atoms with E-state index < -0.39 is 11.6 Å². The third-order valence-electron chi connectivity index (χ3n) is 4.01. The van der Waals surface area contributed by atoms with Crippen LogP contribution in [-0.4, -0.2) is 18.0 Å². The molecule has 0 saturated carbocycles. The van der Waals surface area contributed by atoms with Gasteiger partial charge in [-0.05, 0) is 30.3 Å². The normalized spacial score (nSPS) is 18.1. The summed E-state index contributed by atoms with van der Waals surface area (Å²) < 4.78 is 14.4. The Balaban J connectivity index is 1.83. The molecule has 0 radical (unpaired) electrons. The third kappa shape index (κ3) is 4.96. The lowest BCUT2D eigenvalue weighted by molar-refractivity contribution is -0.115. The lowest BCUT2D eigenvalue weighted by Gasteiger charge is -2.32. The molecule has 1 atom stereocenters. The van der Waals surface area contributed by atoms with Crippen molar-refractivity contribution in [2.24, 2.45) is 10.7 Å². The molecule has 0 fully saturated rings. The third-order valence-corrected chi connectivity index (χ3v) is 4.01. The van der Waals surface area contributed by atoms with Crippen LogP contribution < -0.4 is 27.0 Å². The molecule has 1 heterocycles. The summed E-state index contributed by atoms with van der Waals surface area (Å²) in [5.74, 6) is -2.49. The first-order valence-electron chi connectivity index (χ1n) is 8.80. The topological polar surface area (TPSA) is 121 Å². The molecule has 1 aliphatic heterocycles. The van der Waals surface area contributed by atoms with Gasteiger partial charge in [0, 0.05) is 36.5 Å². The van der Waals surface area contributed by atoms with E-state index in [0.717, 1.165) is 6.21 Å². The number of nitrogens with two attached hydrogens (primary N) is 1. The second-order valence-electron chi connectivity index (χ2n) is 6.52. The van der Waals surface area contributed by atoms with Crippen LogP contribution in [0.4, 0.5) is 21.5 Å². The SMILES string of the molecule is CC(=O)Nc1cccc(NC2=C(F)C=NC(N)(c3cccc(NC(C)=O)c3)N2)c1. The quantitative estimate of drug-likeness (QED) is 0.532. The fourth-order valence-corrected chi connectivity index (χ4v) is 2.80. The monoisotopic (exact) mass is 396 g/mol. The van der Waals surface area contributed by atoms with Crippen molar-refractivity contribution in [2.75, 3.05) is 16.0 Å². The highest BCUT2D eigenvalue weighted by Gasteiger charge is 2.31. The van der Waals surface area contributed by atoms with E-state index in [-0.39, 0.29) is 17.6 Å². The molecule has 1 unspecified atom stereocenters. The minimum Gasteiger partial charge on any atom is -0.339 e. The summed E-state index contributed by atoms with van der Waals surface area (Å²) in [6.45, 7) is 2.80. The van der Waals surface area contributed by atoms with Crippen LogP contribution in [0, 0.1) is 0 Å². The van der Waals surface area contributed by atoms with E-state index in [4.69, 9.17) is 5.73 Å².